The number of nitrogens with one attached hydrogen (secondary N) is 1. The van der Waals surface area contributed by atoms with Crippen LogP contribution < -0.4 is 10.1 Å². The summed E-state index contributed by atoms with van der Waals surface area (Å²) in [4.78, 5) is 12.1. The van der Waals surface area contributed by atoms with E-state index in [2.05, 4.69) is 15.5 Å². The van der Waals surface area contributed by atoms with Crippen LogP contribution in [0.3, 0.4) is 0 Å². The molecule has 1 fully saturated rings. The Balaban J connectivity index is 1.62. The lowest BCUT2D eigenvalue weighted by molar-refractivity contribution is -0.115. The third-order valence-electron chi connectivity index (χ3n) is 3.68. The fourth-order valence-electron chi connectivity index (χ4n) is 2.29. The SMILES string of the molecule is COc1ccccc1CC(=O)Nc1nnc(C2CCC2)s1. The van der Waals surface area contributed by atoms with E-state index in [0.717, 1.165) is 16.3 Å². The number of hydrogen-bond donors (Lipinski definition) is 1. The van der Waals surface area contributed by atoms with Gasteiger partial charge in [0, 0.05) is 11.5 Å². The Morgan fingerprint density at radius 2 is 2.19 bits per heavy atom. The van der Waals surface area contributed by atoms with Gasteiger partial charge < -0.3 is 10.1 Å². The molecule has 110 valence electrons. The van der Waals surface area contributed by atoms with Crippen molar-refractivity contribution in [3.63, 3.8) is 0 Å². The first-order valence-electron chi connectivity index (χ1n) is 7.01. The van der Waals surface area contributed by atoms with E-state index >= 15 is 0 Å². The number of methoxy groups -OCH3 is 1. The number of anilines is 1. The first-order chi connectivity index (χ1) is 10.3. The Bertz CT molecular complexity index is 637. The van der Waals surface area contributed by atoms with E-state index < -0.39 is 0 Å². The van der Waals surface area contributed by atoms with Crippen LogP contribution in [-0.2, 0) is 11.2 Å². The summed E-state index contributed by atoms with van der Waals surface area (Å²) in [6.07, 6.45) is 3.90. The van der Waals surface area contributed by atoms with E-state index in [1.807, 2.05) is 24.3 Å². The predicted molar refractivity (Wildman–Crippen MR) is 81.8 cm³/mol. The van der Waals surface area contributed by atoms with E-state index in [0.29, 0.717) is 11.0 Å². The Morgan fingerprint density at radius 3 is 2.90 bits per heavy atom. The fraction of sp³-hybridized carbons (Fsp3) is 0.400. The third-order valence-corrected chi connectivity index (χ3v) is 4.69. The molecule has 1 amide bonds. The van der Waals surface area contributed by atoms with Crippen molar-refractivity contribution in [3.05, 3.63) is 34.8 Å². The lowest BCUT2D eigenvalue weighted by Crippen LogP contribution is -2.14. The second-order valence-corrected chi connectivity index (χ2v) is 6.12. The average Bonchev–Trinajstić information content (AvgIpc) is 2.85. The highest BCUT2D eigenvalue weighted by Gasteiger charge is 2.23. The van der Waals surface area contributed by atoms with Crippen LogP contribution in [-0.4, -0.2) is 23.2 Å². The van der Waals surface area contributed by atoms with Gasteiger partial charge in [-0.05, 0) is 18.9 Å². The summed E-state index contributed by atoms with van der Waals surface area (Å²) in [5.74, 6) is 1.17. The second kappa shape index (κ2) is 6.22. The quantitative estimate of drug-likeness (QED) is 0.922. The summed E-state index contributed by atoms with van der Waals surface area (Å²) in [7, 11) is 1.60. The van der Waals surface area contributed by atoms with Crippen molar-refractivity contribution in [1.82, 2.24) is 10.2 Å². The van der Waals surface area contributed by atoms with Gasteiger partial charge in [-0.15, -0.1) is 10.2 Å². The molecule has 1 aliphatic rings. The molecule has 0 atom stereocenters. The second-order valence-electron chi connectivity index (χ2n) is 5.11. The van der Waals surface area contributed by atoms with E-state index in [9.17, 15) is 4.79 Å². The topological polar surface area (TPSA) is 64.1 Å². The molecule has 0 unspecified atom stereocenters. The molecule has 5 nitrogen and oxygen atoms in total. The average molecular weight is 303 g/mol. The summed E-state index contributed by atoms with van der Waals surface area (Å²) in [5, 5.41) is 12.6. The van der Waals surface area contributed by atoms with E-state index in [1.165, 1.54) is 30.6 Å². The van der Waals surface area contributed by atoms with Crippen LogP contribution >= 0.6 is 11.3 Å². The summed E-state index contributed by atoms with van der Waals surface area (Å²) in [5.41, 5.74) is 0.862. The molecule has 1 N–H and O–H groups in total. The molecule has 1 heterocycles. The fourth-order valence-corrected chi connectivity index (χ4v) is 3.22. The lowest BCUT2D eigenvalue weighted by atomic mass is 9.86. The molecule has 2 aromatic rings. The van der Waals surface area contributed by atoms with Crippen molar-refractivity contribution in [2.24, 2.45) is 0 Å². The normalized spacial score (nSPS) is 14.5. The number of hydrogen-bond acceptors (Lipinski definition) is 5. The van der Waals surface area contributed by atoms with Gasteiger partial charge in [0.25, 0.3) is 0 Å². The molecule has 0 saturated heterocycles. The summed E-state index contributed by atoms with van der Waals surface area (Å²) in [6.45, 7) is 0. The number of benzene rings is 1. The number of carbonyl (C=O) groups excluding carboxylic acids is 1. The minimum atomic E-state index is -0.101. The predicted octanol–water partition coefficient (Wildman–Crippen LogP) is 3.00. The van der Waals surface area contributed by atoms with Crippen LogP contribution in [0.4, 0.5) is 5.13 Å². The summed E-state index contributed by atoms with van der Waals surface area (Å²) >= 11 is 1.48. The summed E-state index contributed by atoms with van der Waals surface area (Å²) < 4.78 is 5.25. The van der Waals surface area contributed by atoms with Crippen LogP contribution in [0.15, 0.2) is 24.3 Å². The lowest BCUT2D eigenvalue weighted by Gasteiger charge is -2.21. The van der Waals surface area contributed by atoms with Gasteiger partial charge in [0.15, 0.2) is 0 Å². The first-order valence-corrected chi connectivity index (χ1v) is 7.83. The van der Waals surface area contributed by atoms with Gasteiger partial charge in [-0.2, -0.15) is 0 Å². The van der Waals surface area contributed by atoms with Gasteiger partial charge in [-0.3, -0.25) is 4.79 Å². The maximum absolute atomic E-state index is 12.1. The molecule has 1 saturated carbocycles. The number of nitrogens with zero attached hydrogens (tertiary/aromatic N) is 2. The van der Waals surface area contributed by atoms with Crippen LogP contribution in [0.5, 0.6) is 5.75 Å². The molecule has 0 spiro atoms. The molecule has 21 heavy (non-hydrogen) atoms. The molecule has 6 heteroatoms. The standard InChI is InChI=1S/C15H17N3O2S/c1-20-12-8-3-2-5-11(12)9-13(19)16-15-18-17-14(21-15)10-6-4-7-10/h2-3,5,8,10H,4,6-7,9H2,1H3,(H,16,18,19). The molecular weight excluding hydrogens is 286 g/mol. The van der Waals surface area contributed by atoms with Crippen LogP contribution in [0.2, 0.25) is 0 Å². The molecular formula is C15H17N3O2S. The molecule has 0 bridgehead atoms. The number of ether oxygens (including phenoxy) is 1. The molecule has 0 radical (unpaired) electrons. The van der Waals surface area contributed by atoms with Crippen LogP contribution in [0.1, 0.15) is 35.8 Å². The van der Waals surface area contributed by atoms with Crippen LogP contribution in [0.25, 0.3) is 0 Å². The van der Waals surface area contributed by atoms with Crippen molar-refractivity contribution in [3.8, 4) is 5.75 Å². The van der Waals surface area contributed by atoms with Gasteiger partial charge in [0.2, 0.25) is 11.0 Å². The van der Waals surface area contributed by atoms with Gasteiger partial charge in [-0.1, -0.05) is 36.0 Å². The molecule has 1 aromatic heterocycles. The van der Waals surface area contributed by atoms with E-state index in [-0.39, 0.29) is 12.3 Å². The highest BCUT2D eigenvalue weighted by molar-refractivity contribution is 7.15. The smallest absolute Gasteiger partial charge is 0.230 e. The first kappa shape index (κ1) is 14.0. The Labute approximate surface area is 127 Å². The Morgan fingerprint density at radius 1 is 1.38 bits per heavy atom. The Hall–Kier alpha value is -1.95. The maximum atomic E-state index is 12.1. The largest absolute Gasteiger partial charge is 0.496 e. The van der Waals surface area contributed by atoms with E-state index in [4.69, 9.17) is 4.74 Å². The van der Waals surface area contributed by atoms with E-state index in [1.54, 1.807) is 7.11 Å². The van der Waals surface area contributed by atoms with Gasteiger partial charge in [-0.25, -0.2) is 0 Å². The van der Waals surface area contributed by atoms with Crippen molar-refractivity contribution >= 4 is 22.4 Å². The molecule has 1 aliphatic carbocycles. The highest BCUT2D eigenvalue weighted by atomic mass is 32.1. The van der Waals surface area contributed by atoms with Crippen molar-refractivity contribution in [2.75, 3.05) is 12.4 Å². The van der Waals surface area contributed by atoms with Crippen molar-refractivity contribution in [2.45, 2.75) is 31.6 Å². The maximum Gasteiger partial charge on any atom is 0.230 e. The zero-order valence-electron chi connectivity index (χ0n) is 11.8. The minimum Gasteiger partial charge on any atom is -0.496 e. The van der Waals surface area contributed by atoms with Crippen molar-refractivity contribution in [1.29, 1.82) is 0 Å². The van der Waals surface area contributed by atoms with Gasteiger partial charge >= 0.3 is 0 Å². The van der Waals surface area contributed by atoms with Crippen molar-refractivity contribution < 1.29 is 9.53 Å². The highest BCUT2D eigenvalue weighted by Crippen LogP contribution is 2.38. The monoisotopic (exact) mass is 303 g/mol. The number of rotatable bonds is 5. The minimum absolute atomic E-state index is 0.101. The number of amides is 1. The zero-order chi connectivity index (χ0) is 14.7. The number of aromatic nitrogens is 2. The third kappa shape index (κ3) is 3.21. The van der Waals surface area contributed by atoms with Gasteiger partial charge in [0.05, 0.1) is 13.5 Å². The van der Waals surface area contributed by atoms with Crippen LogP contribution in [0, 0.1) is 0 Å². The molecule has 1 aromatic carbocycles. The summed E-state index contributed by atoms with van der Waals surface area (Å²) in [6, 6.07) is 7.52. The Kier molecular flexibility index (Phi) is 4.15. The number of para-hydroxylation sites is 1. The van der Waals surface area contributed by atoms with Gasteiger partial charge in [0.1, 0.15) is 10.8 Å². The number of carbonyl (C=O) groups is 1. The molecule has 0 aliphatic heterocycles. The molecule has 3 rings (SSSR count). The zero-order valence-corrected chi connectivity index (χ0v) is 12.7.